The highest BCUT2D eigenvalue weighted by atomic mass is 16.6. The topological polar surface area (TPSA) is 61.6 Å². The first-order valence-corrected chi connectivity index (χ1v) is 5.80. The van der Waals surface area contributed by atoms with Crippen LogP contribution in [0.4, 0.5) is 0 Å². The van der Waals surface area contributed by atoms with Crippen molar-refractivity contribution in [2.24, 2.45) is 0 Å². The van der Waals surface area contributed by atoms with Gasteiger partial charge in [0, 0.05) is 13.0 Å². The first-order chi connectivity index (χ1) is 8.58. The van der Waals surface area contributed by atoms with E-state index in [1.165, 1.54) is 13.0 Å². The normalized spacial score (nSPS) is 11.2. The zero-order valence-corrected chi connectivity index (χ0v) is 10.8. The van der Waals surface area contributed by atoms with Crippen molar-refractivity contribution in [1.29, 1.82) is 0 Å². The lowest BCUT2D eigenvalue weighted by Gasteiger charge is -2.11. The standard InChI is InChI=1S/C13H17NO4/c1-4-17-12-7-6-11(8-10(3)14(15)16)9-13(12)18-5-2/h6-9H,4-5H2,1-3H3/b10-8+. The van der Waals surface area contributed by atoms with E-state index >= 15 is 0 Å². The molecule has 0 atom stereocenters. The van der Waals surface area contributed by atoms with Gasteiger partial charge in [-0.15, -0.1) is 0 Å². The third-order valence-electron chi connectivity index (χ3n) is 2.23. The monoisotopic (exact) mass is 251 g/mol. The Bertz CT molecular complexity index is 454. The molecule has 0 aliphatic rings. The van der Waals surface area contributed by atoms with Gasteiger partial charge in [0.05, 0.1) is 18.1 Å². The quantitative estimate of drug-likeness (QED) is 0.575. The maximum absolute atomic E-state index is 10.6. The van der Waals surface area contributed by atoms with Crippen molar-refractivity contribution in [3.8, 4) is 11.5 Å². The molecule has 1 aromatic carbocycles. The van der Waals surface area contributed by atoms with Crippen molar-refractivity contribution >= 4 is 6.08 Å². The van der Waals surface area contributed by atoms with Crippen LogP contribution in [0.15, 0.2) is 23.9 Å². The second-order valence-electron chi connectivity index (χ2n) is 3.62. The van der Waals surface area contributed by atoms with E-state index in [1.807, 2.05) is 13.8 Å². The Hall–Kier alpha value is -2.04. The molecule has 1 aromatic rings. The predicted octanol–water partition coefficient (Wildman–Crippen LogP) is 3.12. The zero-order valence-electron chi connectivity index (χ0n) is 10.8. The summed E-state index contributed by atoms with van der Waals surface area (Å²) in [5.41, 5.74) is 0.803. The molecule has 0 heterocycles. The van der Waals surface area contributed by atoms with E-state index in [0.29, 0.717) is 24.7 Å². The molecule has 0 bridgehead atoms. The van der Waals surface area contributed by atoms with Crippen LogP contribution in [0.25, 0.3) is 6.08 Å². The fourth-order valence-electron chi connectivity index (χ4n) is 1.45. The van der Waals surface area contributed by atoms with Gasteiger partial charge < -0.3 is 9.47 Å². The SMILES string of the molecule is CCOc1ccc(/C=C(\C)[N+](=O)[O-])cc1OCC. The average molecular weight is 251 g/mol. The van der Waals surface area contributed by atoms with E-state index in [0.717, 1.165) is 5.56 Å². The van der Waals surface area contributed by atoms with Gasteiger partial charge in [-0.3, -0.25) is 10.1 Å². The molecule has 0 amide bonds. The highest BCUT2D eigenvalue weighted by molar-refractivity contribution is 5.56. The largest absolute Gasteiger partial charge is 0.490 e. The van der Waals surface area contributed by atoms with Crippen molar-refractivity contribution in [3.05, 3.63) is 39.6 Å². The summed E-state index contributed by atoms with van der Waals surface area (Å²) in [6.07, 6.45) is 1.50. The van der Waals surface area contributed by atoms with E-state index in [4.69, 9.17) is 9.47 Å². The smallest absolute Gasteiger partial charge is 0.243 e. The van der Waals surface area contributed by atoms with E-state index in [-0.39, 0.29) is 5.70 Å². The summed E-state index contributed by atoms with van der Waals surface area (Å²) in [6, 6.07) is 5.26. The van der Waals surface area contributed by atoms with Crippen LogP contribution in [0.3, 0.4) is 0 Å². The summed E-state index contributed by atoms with van der Waals surface area (Å²) in [4.78, 5) is 10.1. The van der Waals surface area contributed by atoms with E-state index in [1.54, 1.807) is 18.2 Å². The Morgan fingerprint density at radius 1 is 1.28 bits per heavy atom. The Morgan fingerprint density at radius 2 is 1.89 bits per heavy atom. The number of allylic oxidation sites excluding steroid dienone is 1. The van der Waals surface area contributed by atoms with Crippen molar-refractivity contribution < 1.29 is 14.4 Å². The van der Waals surface area contributed by atoms with Gasteiger partial charge in [-0.1, -0.05) is 6.07 Å². The lowest BCUT2D eigenvalue weighted by atomic mass is 10.1. The number of nitrogens with zero attached hydrogens (tertiary/aromatic N) is 1. The van der Waals surface area contributed by atoms with Gasteiger partial charge in [0.2, 0.25) is 5.70 Å². The molecule has 5 heteroatoms. The molecule has 1 rings (SSSR count). The number of rotatable bonds is 6. The van der Waals surface area contributed by atoms with Gasteiger partial charge in [0.25, 0.3) is 0 Å². The second kappa shape index (κ2) is 6.64. The fraction of sp³-hybridized carbons (Fsp3) is 0.385. The molecule has 18 heavy (non-hydrogen) atoms. The van der Waals surface area contributed by atoms with Crippen LogP contribution in [0.2, 0.25) is 0 Å². The minimum Gasteiger partial charge on any atom is -0.490 e. The highest BCUT2D eigenvalue weighted by Crippen LogP contribution is 2.29. The van der Waals surface area contributed by atoms with Crippen LogP contribution in [-0.4, -0.2) is 18.1 Å². The number of ether oxygens (including phenoxy) is 2. The molecule has 0 fully saturated rings. The summed E-state index contributed by atoms with van der Waals surface area (Å²) in [5.74, 6) is 1.25. The lowest BCUT2D eigenvalue weighted by molar-refractivity contribution is -0.422. The zero-order chi connectivity index (χ0) is 13.5. The van der Waals surface area contributed by atoms with Gasteiger partial charge in [-0.25, -0.2) is 0 Å². The average Bonchev–Trinajstić information content (AvgIpc) is 2.33. The molecule has 0 aromatic heterocycles. The third kappa shape index (κ3) is 3.76. The molecule has 5 nitrogen and oxygen atoms in total. The van der Waals surface area contributed by atoms with Crippen molar-refractivity contribution in [1.82, 2.24) is 0 Å². The van der Waals surface area contributed by atoms with Crippen molar-refractivity contribution in [3.63, 3.8) is 0 Å². The summed E-state index contributed by atoms with van der Waals surface area (Å²) in [6.45, 7) is 6.28. The molecule has 0 unspecified atom stereocenters. The highest BCUT2D eigenvalue weighted by Gasteiger charge is 2.07. The summed E-state index contributed by atoms with van der Waals surface area (Å²) >= 11 is 0. The van der Waals surface area contributed by atoms with Crippen molar-refractivity contribution in [2.75, 3.05) is 13.2 Å². The van der Waals surface area contributed by atoms with Crippen LogP contribution >= 0.6 is 0 Å². The number of benzene rings is 1. The summed E-state index contributed by atoms with van der Waals surface area (Å²) in [7, 11) is 0. The Morgan fingerprint density at radius 3 is 2.44 bits per heavy atom. The molecule has 0 radical (unpaired) electrons. The van der Waals surface area contributed by atoms with E-state index in [9.17, 15) is 10.1 Å². The van der Waals surface area contributed by atoms with Gasteiger partial charge in [-0.05, 0) is 31.5 Å². The fourth-order valence-corrected chi connectivity index (χ4v) is 1.45. The maximum Gasteiger partial charge on any atom is 0.243 e. The Labute approximate surface area is 106 Å². The van der Waals surface area contributed by atoms with Crippen LogP contribution in [0, 0.1) is 10.1 Å². The van der Waals surface area contributed by atoms with Gasteiger partial charge in [-0.2, -0.15) is 0 Å². The molecule has 0 aliphatic carbocycles. The first-order valence-electron chi connectivity index (χ1n) is 5.80. The predicted molar refractivity (Wildman–Crippen MR) is 69.4 cm³/mol. The molecule has 0 saturated heterocycles. The van der Waals surface area contributed by atoms with Gasteiger partial charge in [0.1, 0.15) is 0 Å². The van der Waals surface area contributed by atoms with Crippen LogP contribution in [0.5, 0.6) is 11.5 Å². The van der Waals surface area contributed by atoms with Gasteiger partial charge >= 0.3 is 0 Å². The Balaban J connectivity index is 3.06. The molecule has 0 saturated carbocycles. The number of nitro groups is 1. The van der Waals surface area contributed by atoms with E-state index in [2.05, 4.69) is 0 Å². The third-order valence-corrected chi connectivity index (χ3v) is 2.23. The van der Waals surface area contributed by atoms with Crippen LogP contribution in [-0.2, 0) is 0 Å². The molecule has 0 N–H and O–H groups in total. The molecule has 98 valence electrons. The summed E-state index contributed by atoms with van der Waals surface area (Å²) in [5, 5.41) is 10.6. The first kappa shape index (κ1) is 14.0. The van der Waals surface area contributed by atoms with Crippen LogP contribution in [0.1, 0.15) is 26.3 Å². The van der Waals surface area contributed by atoms with Crippen LogP contribution < -0.4 is 9.47 Å². The van der Waals surface area contributed by atoms with E-state index < -0.39 is 4.92 Å². The lowest BCUT2D eigenvalue weighted by Crippen LogP contribution is -1.99. The second-order valence-corrected chi connectivity index (χ2v) is 3.62. The number of hydrogen-bond acceptors (Lipinski definition) is 4. The molecular formula is C13H17NO4. The minimum absolute atomic E-state index is 0.0848. The van der Waals surface area contributed by atoms with Crippen molar-refractivity contribution in [2.45, 2.75) is 20.8 Å². The number of hydrogen-bond donors (Lipinski definition) is 0. The Kier molecular flexibility index (Phi) is 5.17. The minimum atomic E-state index is -0.420. The molecular weight excluding hydrogens is 234 g/mol. The van der Waals surface area contributed by atoms with Gasteiger partial charge in [0.15, 0.2) is 11.5 Å². The summed E-state index contributed by atoms with van der Waals surface area (Å²) < 4.78 is 10.9. The molecule has 0 spiro atoms. The maximum atomic E-state index is 10.6. The molecule has 0 aliphatic heterocycles.